The first-order valence-electron chi connectivity index (χ1n) is 6.13. The number of hydrogen-bond donors (Lipinski definition) is 1. The molecule has 1 aromatic carbocycles. The molecule has 0 saturated heterocycles. The maximum atomic E-state index is 5.83. The Morgan fingerprint density at radius 1 is 1.33 bits per heavy atom. The largest absolute Gasteiger partial charge is 0.407 e. The molecular weight excluding hydrogens is 312 g/mol. The maximum Gasteiger partial charge on any atom is 0.289 e. The van der Waals surface area contributed by atoms with Gasteiger partial charge in [0, 0.05) is 16.8 Å². The molecule has 1 N–H and O–H groups in total. The van der Waals surface area contributed by atoms with Crippen molar-refractivity contribution in [1.82, 2.24) is 14.9 Å². The van der Waals surface area contributed by atoms with Crippen LogP contribution in [0.3, 0.4) is 0 Å². The van der Waals surface area contributed by atoms with E-state index in [9.17, 15) is 0 Å². The molecule has 0 atom stereocenters. The summed E-state index contributed by atoms with van der Waals surface area (Å²) < 4.78 is 11.9. The van der Waals surface area contributed by atoms with Crippen molar-refractivity contribution in [3.63, 3.8) is 0 Å². The molecule has 108 valence electrons. The monoisotopic (exact) mass is 322 g/mol. The maximum absolute atomic E-state index is 5.83. The standard InChI is InChI=1S/C13H11ClN4O2S/c1-8-6-11(17-20-8)12-16-18(13(21)19-12)7-15-10-4-2-9(14)3-5-10/h2-6,15H,7H2,1H3. The minimum atomic E-state index is 0.257. The van der Waals surface area contributed by atoms with Crippen molar-refractivity contribution in [1.29, 1.82) is 0 Å². The lowest BCUT2D eigenvalue weighted by molar-refractivity contribution is 0.397. The van der Waals surface area contributed by atoms with Crippen molar-refractivity contribution in [2.75, 3.05) is 5.32 Å². The van der Waals surface area contributed by atoms with Gasteiger partial charge in [-0.1, -0.05) is 16.8 Å². The fourth-order valence-corrected chi connectivity index (χ4v) is 2.02. The van der Waals surface area contributed by atoms with Gasteiger partial charge in [-0.2, -0.15) is 0 Å². The van der Waals surface area contributed by atoms with Crippen LogP contribution in [-0.2, 0) is 6.67 Å². The molecule has 21 heavy (non-hydrogen) atoms. The van der Waals surface area contributed by atoms with Crippen molar-refractivity contribution in [2.24, 2.45) is 0 Å². The molecule has 0 spiro atoms. The fraction of sp³-hybridized carbons (Fsp3) is 0.154. The Morgan fingerprint density at radius 2 is 2.10 bits per heavy atom. The minimum absolute atomic E-state index is 0.257. The van der Waals surface area contributed by atoms with E-state index in [1.165, 1.54) is 4.68 Å². The van der Waals surface area contributed by atoms with E-state index in [0.29, 0.717) is 29.0 Å². The average Bonchev–Trinajstić information content (AvgIpc) is 3.05. The number of nitrogens with one attached hydrogen (secondary N) is 1. The molecule has 2 heterocycles. The Hall–Kier alpha value is -2.12. The van der Waals surface area contributed by atoms with E-state index >= 15 is 0 Å². The Balaban J connectivity index is 1.76. The van der Waals surface area contributed by atoms with E-state index in [4.69, 9.17) is 32.8 Å². The molecule has 6 nitrogen and oxygen atoms in total. The topological polar surface area (TPSA) is 69.0 Å². The van der Waals surface area contributed by atoms with Gasteiger partial charge in [0.05, 0.1) is 0 Å². The number of benzene rings is 1. The molecule has 0 unspecified atom stereocenters. The van der Waals surface area contributed by atoms with Crippen LogP contribution in [0, 0.1) is 11.8 Å². The van der Waals surface area contributed by atoms with Crippen LogP contribution in [0.15, 0.2) is 39.3 Å². The van der Waals surface area contributed by atoms with Crippen molar-refractivity contribution < 1.29 is 8.94 Å². The van der Waals surface area contributed by atoms with Crippen LogP contribution in [0.4, 0.5) is 5.69 Å². The predicted octanol–water partition coefficient (Wildman–Crippen LogP) is 3.89. The van der Waals surface area contributed by atoms with E-state index in [1.54, 1.807) is 25.1 Å². The Kier molecular flexibility index (Phi) is 3.76. The second-order valence-electron chi connectivity index (χ2n) is 4.34. The number of aromatic nitrogens is 3. The zero-order valence-corrected chi connectivity index (χ0v) is 12.6. The van der Waals surface area contributed by atoms with Crippen LogP contribution in [0.25, 0.3) is 11.6 Å². The molecule has 0 aliphatic carbocycles. The van der Waals surface area contributed by atoms with Gasteiger partial charge in [-0.3, -0.25) is 0 Å². The number of aryl methyl sites for hydroxylation is 1. The van der Waals surface area contributed by atoms with Crippen LogP contribution in [0.1, 0.15) is 5.76 Å². The SMILES string of the molecule is Cc1cc(-c2nn(CNc3ccc(Cl)cc3)c(=S)o2)no1. The van der Waals surface area contributed by atoms with Crippen molar-refractivity contribution >= 4 is 29.5 Å². The van der Waals surface area contributed by atoms with Gasteiger partial charge in [0.25, 0.3) is 10.7 Å². The van der Waals surface area contributed by atoms with Crippen molar-refractivity contribution in [3.05, 3.63) is 46.0 Å². The highest BCUT2D eigenvalue weighted by Crippen LogP contribution is 2.18. The normalized spacial score (nSPS) is 10.8. The van der Waals surface area contributed by atoms with Crippen molar-refractivity contribution in [3.8, 4) is 11.6 Å². The first-order chi connectivity index (χ1) is 10.1. The highest BCUT2D eigenvalue weighted by Gasteiger charge is 2.12. The summed E-state index contributed by atoms with van der Waals surface area (Å²) in [6.07, 6.45) is 0. The zero-order valence-electron chi connectivity index (χ0n) is 11.0. The number of nitrogens with zero attached hydrogens (tertiary/aromatic N) is 3. The second kappa shape index (κ2) is 5.71. The second-order valence-corrected chi connectivity index (χ2v) is 5.12. The molecule has 0 bridgehead atoms. The minimum Gasteiger partial charge on any atom is -0.407 e. The van der Waals surface area contributed by atoms with Crippen LogP contribution < -0.4 is 5.32 Å². The Bertz CT molecular complexity index is 806. The van der Waals surface area contributed by atoms with E-state index in [-0.39, 0.29) is 4.84 Å². The van der Waals surface area contributed by atoms with E-state index in [2.05, 4.69) is 15.6 Å². The van der Waals surface area contributed by atoms with E-state index < -0.39 is 0 Å². The van der Waals surface area contributed by atoms with Gasteiger partial charge in [0.1, 0.15) is 12.4 Å². The summed E-state index contributed by atoms with van der Waals surface area (Å²) in [6.45, 7) is 2.17. The number of hydrogen-bond acceptors (Lipinski definition) is 6. The van der Waals surface area contributed by atoms with E-state index in [1.807, 2.05) is 12.1 Å². The van der Waals surface area contributed by atoms with Crippen molar-refractivity contribution in [2.45, 2.75) is 13.6 Å². The third-order valence-corrected chi connectivity index (χ3v) is 3.28. The highest BCUT2D eigenvalue weighted by molar-refractivity contribution is 7.71. The Labute approximate surface area is 130 Å². The highest BCUT2D eigenvalue weighted by atomic mass is 35.5. The lowest BCUT2D eigenvalue weighted by atomic mass is 10.3. The first kappa shape index (κ1) is 13.8. The third kappa shape index (κ3) is 3.14. The summed E-state index contributed by atoms with van der Waals surface area (Å²) >= 11 is 11.0. The van der Waals surface area contributed by atoms with Gasteiger partial charge >= 0.3 is 0 Å². The molecule has 2 aromatic heterocycles. The first-order valence-corrected chi connectivity index (χ1v) is 6.91. The van der Waals surface area contributed by atoms with Crippen LogP contribution in [0.5, 0.6) is 0 Å². The molecule has 0 radical (unpaired) electrons. The number of anilines is 1. The molecule has 3 rings (SSSR count). The molecule has 0 aliphatic heterocycles. The summed E-state index contributed by atoms with van der Waals surface area (Å²) in [5, 5.41) is 12.0. The van der Waals surface area contributed by atoms with Gasteiger partial charge in [-0.05, 0) is 43.4 Å². The fourth-order valence-electron chi connectivity index (χ4n) is 1.71. The molecule has 3 aromatic rings. The van der Waals surface area contributed by atoms with Gasteiger partial charge < -0.3 is 14.3 Å². The molecule has 0 saturated carbocycles. The van der Waals surface area contributed by atoms with Crippen LogP contribution in [0.2, 0.25) is 5.02 Å². The van der Waals surface area contributed by atoms with Gasteiger partial charge in [0.2, 0.25) is 0 Å². The van der Waals surface area contributed by atoms with Gasteiger partial charge in [-0.25, -0.2) is 4.68 Å². The quantitative estimate of drug-likeness (QED) is 0.735. The summed E-state index contributed by atoms with van der Waals surface area (Å²) in [4.78, 5) is 0.257. The smallest absolute Gasteiger partial charge is 0.289 e. The number of rotatable bonds is 4. The lowest BCUT2D eigenvalue weighted by Gasteiger charge is -2.05. The van der Waals surface area contributed by atoms with Crippen LogP contribution in [-0.4, -0.2) is 14.9 Å². The van der Waals surface area contributed by atoms with E-state index in [0.717, 1.165) is 5.69 Å². The van der Waals surface area contributed by atoms with Gasteiger partial charge in [-0.15, -0.1) is 5.10 Å². The number of halogens is 1. The van der Waals surface area contributed by atoms with Gasteiger partial charge in [0.15, 0.2) is 5.69 Å². The summed E-state index contributed by atoms with van der Waals surface area (Å²) in [5.74, 6) is 1.01. The predicted molar refractivity (Wildman–Crippen MR) is 80.6 cm³/mol. The van der Waals surface area contributed by atoms with Crippen LogP contribution >= 0.6 is 23.8 Å². The summed E-state index contributed by atoms with van der Waals surface area (Å²) in [6, 6.07) is 9.07. The zero-order chi connectivity index (χ0) is 14.8. The summed E-state index contributed by atoms with van der Waals surface area (Å²) in [7, 11) is 0. The molecule has 0 fully saturated rings. The lowest BCUT2D eigenvalue weighted by Crippen LogP contribution is -2.09. The third-order valence-electron chi connectivity index (χ3n) is 2.73. The Morgan fingerprint density at radius 3 is 2.76 bits per heavy atom. The molecule has 0 aliphatic rings. The molecule has 8 heteroatoms. The average molecular weight is 323 g/mol. The molecule has 0 amide bonds. The summed E-state index contributed by atoms with van der Waals surface area (Å²) in [5.41, 5.74) is 1.42. The molecular formula is C13H11ClN4O2S.